The Morgan fingerprint density at radius 2 is 1.70 bits per heavy atom. The van der Waals surface area contributed by atoms with Crippen molar-refractivity contribution < 1.29 is 24.2 Å². The molecule has 43 heavy (non-hydrogen) atoms. The molecule has 1 saturated heterocycles. The lowest BCUT2D eigenvalue weighted by atomic mass is 9.96. The van der Waals surface area contributed by atoms with E-state index < -0.39 is 17.7 Å². The van der Waals surface area contributed by atoms with Crippen LogP contribution in [0.4, 0.5) is 5.13 Å². The topological polar surface area (TPSA) is 106 Å². The molecule has 3 aromatic heterocycles. The number of aliphatic hydroxyl groups excluding tert-OH is 1. The third kappa shape index (κ3) is 4.62. The number of aryl methyl sites for hydroxylation is 4. The number of aromatic nitrogens is 3. The van der Waals surface area contributed by atoms with Gasteiger partial charge in [0.15, 0.2) is 22.4 Å². The van der Waals surface area contributed by atoms with E-state index in [2.05, 4.69) is 0 Å². The predicted octanol–water partition coefficient (Wildman–Crippen LogP) is 6.60. The summed E-state index contributed by atoms with van der Waals surface area (Å²) in [5, 5.41) is 12.2. The lowest BCUT2D eigenvalue weighted by Gasteiger charge is -2.24. The lowest BCUT2D eigenvalue weighted by Crippen LogP contribution is -2.29. The Morgan fingerprint density at radius 3 is 2.42 bits per heavy atom. The maximum absolute atomic E-state index is 13.9. The van der Waals surface area contributed by atoms with Crippen LogP contribution in [-0.2, 0) is 9.59 Å². The summed E-state index contributed by atoms with van der Waals surface area (Å²) in [6.07, 6.45) is 1.85. The molecule has 6 rings (SSSR count). The minimum absolute atomic E-state index is 0.0621. The molecular formula is C33H32N4O5S. The van der Waals surface area contributed by atoms with Gasteiger partial charge >= 0.3 is 5.91 Å². The highest BCUT2D eigenvalue weighted by molar-refractivity contribution is 7.22. The van der Waals surface area contributed by atoms with E-state index in [1.807, 2.05) is 76.4 Å². The SMILES string of the molecule is CCOc1ccc(C2/C(=C(\O)c3nc4c(C)cccn4c3C)C(=O)C(=O)N2c2nc3c(C)cc(C)cc3s2)cc1OCC. The highest BCUT2D eigenvalue weighted by atomic mass is 32.1. The second-order valence-corrected chi connectivity index (χ2v) is 11.6. The summed E-state index contributed by atoms with van der Waals surface area (Å²) in [6, 6.07) is 12.2. The molecule has 1 aliphatic heterocycles. The number of rotatable bonds is 7. The summed E-state index contributed by atoms with van der Waals surface area (Å²) in [5.41, 5.74) is 5.77. The number of amides is 1. The van der Waals surface area contributed by atoms with Gasteiger partial charge in [-0.15, -0.1) is 0 Å². The van der Waals surface area contributed by atoms with Crippen LogP contribution in [0, 0.1) is 27.7 Å². The molecule has 0 spiro atoms. The number of aliphatic hydroxyl groups is 1. The van der Waals surface area contributed by atoms with Crippen LogP contribution in [0.1, 0.15) is 53.5 Å². The van der Waals surface area contributed by atoms with E-state index in [0.29, 0.717) is 46.7 Å². The van der Waals surface area contributed by atoms with Gasteiger partial charge in [-0.25, -0.2) is 9.97 Å². The number of nitrogens with zero attached hydrogens (tertiary/aromatic N) is 4. The van der Waals surface area contributed by atoms with Gasteiger partial charge in [-0.05, 0) is 88.1 Å². The van der Waals surface area contributed by atoms with Gasteiger partial charge in [-0.3, -0.25) is 14.5 Å². The number of fused-ring (bicyclic) bond motifs is 2. The number of pyridine rings is 1. The van der Waals surface area contributed by atoms with E-state index in [1.165, 1.54) is 16.2 Å². The first-order chi connectivity index (χ1) is 20.6. The zero-order valence-corrected chi connectivity index (χ0v) is 25.7. The maximum atomic E-state index is 13.9. The van der Waals surface area contributed by atoms with Crippen LogP contribution in [0.5, 0.6) is 11.5 Å². The van der Waals surface area contributed by atoms with E-state index in [9.17, 15) is 14.7 Å². The lowest BCUT2D eigenvalue weighted by molar-refractivity contribution is -0.132. The summed E-state index contributed by atoms with van der Waals surface area (Å²) >= 11 is 1.33. The number of Topliss-reactive ketones (excluding diaryl/α,β-unsaturated/α-hetero) is 1. The first-order valence-corrected chi connectivity index (χ1v) is 15.0. The van der Waals surface area contributed by atoms with Crippen LogP contribution in [0.3, 0.4) is 0 Å². The second kappa shape index (κ2) is 10.9. The monoisotopic (exact) mass is 596 g/mol. The van der Waals surface area contributed by atoms with Gasteiger partial charge in [0.05, 0.1) is 40.7 Å². The van der Waals surface area contributed by atoms with Gasteiger partial charge in [-0.1, -0.05) is 29.5 Å². The zero-order valence-electron chi connectivity index (χ0n) is 24.9. The fraction of sp³-hybridized carbons (Fsp3) is 0.273. The van der Waals surface area contributed by atoms with Crippen LogP contribution >= 0.6 is 11.3 Å². The van der Waals surface area contributed by atoms with Crippen molar-refractivity contribution in [1.82, 2.24) is 14.4 Å². The normalized spacial score (nSPS) is 16.5. The summed E-state index contributed by atoms with van der Waals surface area (Å²) < 4.78 is 14.4. The predicted molar refractivity (Wildman–Crippen MR) is 167 cm³/mol. The number of benzene rings is 2. The summed E-state index contributed by atoms with van der Waals surface area (Å²) in [7, 11) is 0. The van der Waals surface area contributed by atoms with E-state index in [0.717, 1.165) is 26.9 Å². The van der Waals surface area contributed by atoms with Crippen LogP contribution in [0.15, 0.2) is 54.2 Å². The van der Waals surface area contributed by atoms with Crippen LogP contribution < -0.4 is 14.4 Å². The van der Waals surface area contributed by atoms with Crippen LogP contribution in [0.2, 0.25) is 0 Å². The Balaban J connectivity index is 1.61. The van der Waals surface area contributed by atoms with Crippen LogP contribution in [0.25, 0.3) is 21.6 Å². The Labute approximate surface area is 253 Å². The summed E-state index contributed by atoms with van der Waals surface area (Å²) in [5.74, 6) is -0.906. The highest BCUT2D eigenvalue weighted by Crippen LogP contribution is 2.46. The van der Waals surface area contributed by atoms with Gasteiger partial charge < -0.3 is 19.0 Å². The van der Waals surface area contributed by atoms with Gasteiger partial charge in [-0.2, -0.15) is 0 Å². The average molecular weight is 597 g/mol. The number of hydrogen-bond acceptors (Lipinski definition) is 8. The number of ether oxygens (including phenoxy) is 2. The number of carbonyl (C=O) groups is 2. The number of ketones is 1. The number of imidazole rings is 1. The Morgan fingerprint density at radius 1 is 0.953 bits per heavy atom. The second-order valence-electron chi connectivity index (χ2n) is 10.6. The third-order valence-corrected chi connectivity index (χ3v) is 8.66. The molecule has 4 heterocycles. The fourth-order valence-corrected chi connectivity index (χ4v) is 6.89. The van der Waals surface area contributed by atoms with Gasteiger partial charge in [0.1, 0.15) is 11.3 Å². The maximum Gasteiger partial charge on any atom is 0.301 e. The number of hydrogen-bond donors (Lipinski definition) is 1. The van der Waals surface area contributed by atoms with Crippen molar-refractivity contribution in [3.8, 4) is 11.5 Å². The first kappa shape index (κ1) is 28.4. The molecule has 0 aliphatic carbocycles. The van der Waals surface area contributed by atoms with Crippen molar-refractivity contribution in [1.29, 1.82) is 0 Å². The summed E-state index contributed by atoms with van der Waals surface area (Å²) in [4.78, 5) is 38.7. The molecule has 1 N–H and O–H groups in total. The van der Waals surface area contributed by atoms with Crippen molar-refractivity contribution >= 4 is 49.8 Å². The van der Waals surface area contributed by atoms with Crippen molar-refractivity contribution in [3.63, 3.8) is 0 Å². The van der Waals surface area contributed by atoms with Gasteiger partial charge in [0.2, 0.25) is 0 Å². The molecule has 0 saturated carbocycles. The van der Waals surface area contributed by atoms with Crippen molar-refractivity contribution in [3.05, 3.63) is 87.9 Å². The number of carbonyl (C=O) groups excluding carboxylic acids is 2. The molecule has 5 aromatic rings. The number of thiazole rings is 1. The molecule has 0 bridgehead atoms. The van der Waals surface area contributed by atoms with E-state index >= 15 is 0 Å². The molecule has 1 amide bonds. The minimum atomic E-state index is -0.984. The molecule has 1 atom stereocenters. The van der Waals surface area contributed by atoms with Crippen molar-refractivity contribution in [2.45, 2.75) is 47.6 Å². The largest absolute Gasteiger partial charge is 0.505 e. The number of anilines is 1. The minimum Gasteiger partial charge on any atom is -0.505 e. The van der Waals surface area contributed by atoms with E-state index in [1.54, 1.807) is 18.2 Å². The molecule has 2 aromatic carbocycles. The molecule has 9 nitrogen and oxygen atoms in total. The van der Waals surface area contributed by atoms with Crippen molar-refractivity contribution in [2.24, 2.45) is 0 Å². The zero-order chi connectivity index (χ0) is 30.6. The van der Waals surface area contributed by atoms with Crippen molar-refractivity contribution in [2.75, 3.05) is 18.1 Å². The van der Waals surface area contributed by atoms with E-state index in [-0.39, 0.29) is 17.0 Å². The molecular weight excluding hydrogens is 564 g/mol. The van der Waals surface area contributed by atoms with E-state index in [4.69, 9.17) is 19.4 Å². The quantitative estimate of drug-likeness (QED) is 0.128. The third-order valence-electron chi connectivity index (χ3n) is 7.66. The Hall–Kier alpha value is -4.70. The Bertz CT molecular complexity index is 1970. The molecule has 220 valence electrons. The molecule has 1 fully saturated rings. The van der Waals surface area contributed by atoms with Gasteiger partial charge in [0, 0.05) is 6.20 Å². The fourth-order valence-electron chi connectivity index (χ4n) is 5.72. The standard InChI is InChI=1S/C33H32N4O5S/c1-7-41-22-12-11-21(16-23(22)42-8-2)28-25(29(38)27-20(6)36-13-9-10-18(4)31(36)34-27)30(39)32(40)37(28)33-35-26-19(5)14-17(3)15-24(26)43-33/h9-16,28,38H,7-8H2,1-6H3/b29-25+. The first-order valence-electron chi connectivity index (χ1n) is 14.2. The smallest absolute Gasteiger partial charge is 0.301 e. The average Bonchev–Trinajstić information content (AvgIpc) is 3.62. The molecule has 10 heteroatoms. The van der Waals surface area contributed by atoms with Crippen LogP contribution in [-0.4, -0.2) is 44.4 Å². The van der Waals surface area contributed by atoms with Gasteiger partial charge in [0.25, 0.3) is 5.78 Å². The molecule has 1 unspecified atom stereocenters. The molecule has 0 radical (unpaired) electrons. The Kier molecular flexibility index (Phi) is 7.17. The molecule has 1 aliphatic rings. The highest BCUT2D eigenvalue weighted by Gasteiger charge is 2.49. The summed E-state index contributed by atoms with van der Waals surface area (Å²) in [6.45, 7) is 12.3.